The quantitative estimate of drug-likeness (QED) is 0.548. The first-order valence-corrected chi connectivity index (χ1v) is 6.83. The second kappa shape index (κ2) is 5.00. The van der Waals surface area contributed by atoms with E-state index in [1.807, 2.05) is 0 Å². The molecule has 0 aliphatic heterocycles. The summed E-state index contributed by atoms with van der Waals surface area (Å²) in [6.07, 6.45) is 1.04. The molecule has 0 atom stereocenters. The topological polar surface area (TPSA) is 9.23 Å². The second-order valence-corrected chi connectivity index (χ2v) is 6.45. The zero-order chi connectivity index (χ0) is 7.28. The predicted octanol–water partition coefficient (Wildman–Crippen LogP) is 1.68. The van der Waals surface area contributed by atoms with Crippen LogP contribution >= 0.6 is 0 Å². The van der Waals surface area contributed by atoms with Gasteiger partial charge in [-0.1, -0.05) is 26.9 Å². The van der Waals surface area contributed by atoms with Gasteiger partial charge in [-0.3, -0.25) is 0 Å². The lowest BCUT2D eigenvalue weighted by Crippen LogP contribution is -2.14. The number of hydrogen-bond donors (Lipinski definition) is 0. The third kappa shape index (κ3) is 8.18. The molecule has 0 amide bonds. The van der Waals surface area contributed by atoms with Gasteiger partial charge in [0.15, 0.2) is 0 Å². The third-order valence-corrected chi connectivity index (χ3v) is 1.80. The molecule has 1 nitrogen and oxygen atoms in total. The van der Waals surface area contributed by atoms with E-state index in [1.54, 1.807) is 0 Å². The van der Waals surface area contributed by atoms with Gasteiger partial charge in [-0.05, 0) is 5.92 Å². The summed E-state index contributed by atoms with van der Waals surface area (Å²) in [4.78, 5) is 0. The van der Waals surface area contributed by atoms with Gasteiger partial charge in [-0.25, -0.2) is 0 Å². The zero-order valence-electron chi connectivity index (χ0n) is 6.98. The lowest BCUT2D eigenvalue weighted by Gasteiger charge is -2.07. The molecule has 0 aliphatic carbocycles. The minimum atomic E-state index is -0.452. The smallest absolute Gasteiger partial charge is 0.0616 e. The summed E-state index contributed by atoms with van der Waals surface area (Å²) >= 11 is 0. The van der Waals surface area contributed by atoms with E-state index < -0.39 is 8.80 Å². The van der Waals surface area contributed by atoms with Crippen LogP contribution in [-0.4, -0.2) is 21.6 Å². The van der Waals surface area contributed by atoms with Crippen LogP contribution in [0.3, 0.4) is 0 Å². The van der Waals surface area contributed by atoms with Crippen LogP contribution in [0.4, 0.5) is 0 Å². The molecule has 0 N–H and O–H groups in total. The van der Waals surface area contributed by atoms with Gasteiger partial charge >= 0.3 is 0 Å². The molecule has 0 heterocycles. The number of hydrogen-bond acceptors (Lipinski definition) is 1. The highest BCUT2D eigenvalue weighted by atomic mass is 28.3. The maximum absolute atomic E-state index is 5.42. The third-order valence-electron chi connectivity index (χ3n) is 0.902. The van der Waals surface area contributed by atoms with Gasteiger partial charge in [0.1, 0.15) is 0 Å². The Labute approximate surface area is 60.0 Å². The van der Waals surface area contributed by atoms with E-state index in [-0.39, 0.29) is 0 Å². The second-order valence-electron chi connectivity index (χ2n) is 3.33. The average Bonchev–Trinajstić information content (AvgIpc) is 1.63. The monoisotopic (exact) mass is 146 g/mol. The molecular formula is C7H18OSi. The maximum Gasteiger partial charge on any atom is 0.0616 e. The van der Waals surface area contributed by atoms with Gasteiger partial charge < -0.3 is 4.74 Å². The summed E-state index contributed by atoms with van der Waals surface area (Å²) in [5, 5.41) is 0. The largest absolute Gasteiger partial charge is 0.385 e. The Balaban J connectivity index is 2.91. The Morgan fingerprint density at radius 1 is 1.33 bits per heavy atom. The summed E-state index contributed by atoms with van der Waals surface area (Å²) in [5.41, 5.74) is 0. The van der Waals surface area contributed by atoms with E-state index >= 15 is 0 Å². The van der Waals surface area contributed by atoms with Crippen molar-refractivity contribution < 1.29 is 4.74 Å². The van der Waals surface area contributed by atoms with Crippen molar-refractivity contribution in [2.45, 2.75) is 26.9 Å². The van der Waals surface area contributed by atoms with E-state index in [0.717, 1.165) is 12.8 Å². The van der Waals surface area contributed by atoms with Crippen molar-refractivity contribution in [1.82, 2.24) is 0 Å². The van der Waals surface area contributed by atoms with Crippen LogP contribution in [0.25, 0.3) is 0 Å². The van der Waals surface area contributed by atoms with E-state index in [9.17, 15) is 0 Å². The van der Waals surface area contributed by atoms with E-state index in [0.29, 0.717) is 5.92 Å². The minimum absolute atomic E-state index is 0.452. The Morgan fingerprint density at radius 3 is 2.22 bits per heavy atom. The van der Waals surface area contributed by atoms with Crippen LogP contribution in [0.5, 0.6) is 0 Å². The first-order valence-electron chi connectivity index (χ1n) is 3.70. The normalized spacial score (nSPS) is 11.3. The highest BCUT2D eigenvalue weighted by Gasteiger charge is 1.96. The molecule has 0 aromatic rings. The first-order chi connectivity index (χ1) is 4.13. The molecule has 2 heteroatoms. The summed E-state index contributed by atoms with van der Waals surface area (Å²) in [6, 6.07) is 0. The zero-order valence-corrected chi connectivity index (χ0v) is 8.13. The summed E-state index contributed by atoms with van der Waals surface area (Å²) in [5.74, 6) is 0.692. The Hall–Kier alpha value is 0.177. The maximum atomic E-state index is 5.42. The molecule has 0 radical (unpaired) electrons. The molecule has 9 heavy (non-hydrogen) atoms. The SMILES string of the molecule is CC(C)COC[SiH](C)C. The van der Waals surface area contributed by atoms with E-state index in [4.69, 9.17) is 4.74 Å². The van der Waals surface area contributed by atoms with Crippen LogP contribution < -0.4 is 0 Å². The van der Waals surface area contributed by atoms with E-state index in [2.05, 4.69) is 26.9 Å². The fourth-order valence-corrected chi connectivity index (χ4v) is 1.15. The molecular weight excluding hydrogens is 128 g/mol. The Bertz CT molecular complexity index is 53.9. The fourth-order valence-electron chi connectivity index (χ4n) is 0.539. The fraction of sp³-hybridized carbons (Fsp3) is 1.00. The molecule has 0 saturated carbocycles. The van der Waals surface area contributed by atoms with Crippen molar-refractivity contribution in [3.8, 4) is 0 Å². The van der Waals surface area contributed by atoms with Crippen LogP contribution in [0.1, 0.15) is 13.8 Å². The van der Waals surface area contributed by atoms with Crippen LogP contribution in [0.2, 0.25) is 13.1 Å². The number of rotatable bonds is 4. The molecule has 0 fully saturated rings. The van der Waals surface area contributed by atoms with Crippen molar-refractivity contribution in [3.05, 3.63) is 0 Å². The molecule has 0 bridgehead atoms. The van der Waals surface area contributed by atoms with Crippen molar-refractivity contribution in [3.63, 3.8) is 0 Å². The van der Waals surface area contributed by atoms with Gasteiger partial charge in [-0.2, -0.15) is 0 Å². The van der Waals surface area contributed by atoms with E-state index in [1.165, 1.54) is 0 Å². The average molecular weight is 146 g/mol. The van der Waals surface area contributed by atoms with Gasteiger partial charge in [0.25, 0.3) is 0 Å². The first kappa shape index (κ1) is 9.18. The van der Waals surface area contributed by atoms with Crippen molar-refractivity contribution in [2.75, 3.05) is 12.8 Å². The molecule has 0 aromatic carbocycles. The van der Waals surface area contributed by atoms with Crippen LogP contribution in [0, 0.1) is 5.92 Å². The van der Waals surface area contributed by atoms with Gasteiger partial charge in [0.2, 0.25) is 0 Å². The molecule has 0 aromatic heterocycles. The van der Waals surface area contributed by atoms with Crippen molar-refractivity contribution in [2.24, 2.45) is 5.92 Å². The predicted molar refractivity (Wildman–Crippen MR) is 44.5 cm³/mol. The molecule has 0 saturated heterocycles. The minimum Gasteiger partial charge on any atom is -0.385 e. The van der Waals surface area contributed by atoms with Gasteiger partial charge in [-0.15, -0.1) is 0 Å². The molecule has 0 rings (SSSR count). The molecule has 56 valence electrons. The summed E-state index contributed by atoms with van der Waals surface area (Å²) in [6.45, 7) is 9.91. The number of ether oxygens (including phenoxy) is 1. The van der Waals surface area contributed by atoms with Crippen molar-refractivity contribution >= 4 is 8.80 Å². The van der Waals surface area contributed by atoms with Gasteiger partial charge in [0, 0.05) is 12.8 Å². The Kier molecular flexibility index (Phi) is 5.10. The lowest BCUT2D eigenvalue weighted by molar-refractivity contribution is 0.146. The van der Waals surface area contributed by atoms with Gasteiger partial charge in [0.05, 0.1) is 8.80 Å². The molecule has 0 aliphatic rings. The van der Waals surface area contributed by atoms with Crippen LogP contribution in [-0.2, 0) is 4.74 Å². The highest BCUT2D eigenvalue weighted by Crippen LogP contribution is 1.92. The standard InChI is InChI=1S/C7H18OSi/c1-7(2)5-8-6-9(3)4/h7,9H,5-6H2,1-4H3. The molecule has 0 unspecified atom stereocenters. The van der Waals surface area contributed by atoms with Crippen molar-refractivity contribution in [1.29, 1.82) is 0 Å². The lowest BCUT2D eigenvalue weighted by atomic mass is 10.2. The molecule has 0 spiro atoms. The summed E-state index contributed by atoms with van der Waals surface area (Å²) in [7, 11) is -0.452. The Morgan fingerprint density at radius 2 is 1.89 bits per heavy atom. The van der Waals surface area contributed by atoms with Crippen LogP contribution in [0.15, 0.2) is 0 Å². The summed E-state index contributed by atoms with van der Waals surface area (Å²) < 4.78 is 5.42. The highest BCUT2D eigenvalue weighted by molar-refractivity contribution is 6.55.